The summed E-state index contributed by atoms with van der Waals surface area (Å²) < 4.78 is 11.1. The van der Waals surface area contributed by atoms with Gasteiger partial charge in [-0.3, -0.25) is 0 Å². The highest BCUT2D eigenvalue weighted by atomic mass is 32.1. The van der Waals surface area contributed by atoms with Gasteiger partial charge in [0.05, 0.1) is 0 Å². The first-order valence-electron chi connectivity index (χ1n) is 7.20. The van der Waals surface area contributed by atoms with Crippen LogP contribution in [0.5, 0.6) is 11.5 Å². The van der Waals surface area contributed by atoms with Crippen molar-refractivity contribution in [2.24, 2.45) is 0 Å². The van der Waals surface area contributed by atoms with Gasteiger partial charge in [-0.2, -0.15) is 0 Å². The molecule has 1 aromatic rings. The molecule has 0 saturated carbocycles. The lowest BCUT2D eigenvalue weighted by Crippen LogP contribution is -2.36. The van der Waals surface area contributed by atoms with Crippen LogP contribution in [-0.4, -0.2) is 31.4 Å². The Kier molecular flexibility index (Phi) is 5.92. The summed E-state index contributed by atoms with van der Waals surface area (Å²) in [7, 11) is 0. The number of ether oxygens (including phenoxy) is 2. The Labute approximate surface area is 125 Å². The number of thiocarbonyl (C=S) groups is 1. The number of nitrogens with one attached hydrogen (secondary N) is 2. The first-order chi connectivity index (χ1) is 9.79. The van der Waals surface area contributed by atoms with E-state index in [4.69, 9.17) is 21.7 Å². The molecule has 0 spiro atoms. The Balaban J connectivity index is 1.72. The molecule has 0 amide bonds. The molecule has 0 bridgehead atoms. The third kappa shape index (κ3) is 4.56. The van der Waals surface area contributed by atoms with Crippen molar-refractivity contribution in [3.8, 4) is 11.5 Å². The maximum atomic E-state index is 5.57. The lowest BCUT2D eigenvalue weighted by molar-refractivity contribution is 0.171. The number of hydrogen-bond acceptors (Lipinski definition) is 3. The molecule has 1 aliphatic heterocycles. The van der Waals surface area contributed by atoms with Gasteiger partial charge in [0.15, 0.2) is 16.6 Å². The summed E-state index contributed by atoms with van der Waals surface area (Å²) in [5.41, 5.74) is 1.22. The lowest BCUT2D eigenvalue weighted by atomic mass is 10.1. The number of benzene rings is 1. The third-order valence-corrected chi connectivity index (χ3v) is 3.41. The SMILES string of the molecule is CCCCNC(=S)NCCc1ccc2c(c1)OCCO2. The topological polar surface area (TPSA) is 42.5 Å². The van der Waals surface area contributed by atoms with E-state index in [1.54, 1.807) is 0 Å². The van der Waals surface area contributed by atoms with Crippen LogP contribution in [0.4, 0.5) is 0 Å². The van der Waals surface area contributed by atoms with Gasteiger partial charge in [-0.15, -0.1) is 0 Å². The van der Waals surface area contributed by atoms with Crippen LogP contribution in [-0.2, 0) is 6.42 Å². The molecule has 110 valence electrons. The molecule has 2 rings (SSSR count). The summed E-state index contributed by atoms with van der Waals surface area (Å²) in [6.45, 7) is 5.18. The molecular weight excluding hydrogens is 272 g/mol. The standard InChI is InChI=1S/C15H22N2O2S/c1-2-3-7-16-15(20)17-8-6-12-4-5-13-14(11-12)19-10-9-18-13/h4-5,11H,2-3,6-10H2,1H3,(H2,16,17,20). The van der Waals surface area contributed by atoms with Crippen LogP contribution < -0.4 is 20.1 Å². The van der Waals surface area contributed by atoms with E-state index >= 15 is 0 Å². The van der Waals surface area contributed by atoms with Crippen LogP contribution in [0.1, 0.15) is 25.3 Å². The summed E-state index contributed by atoms with van der Waals surface area (Å²) in [6.07, 6.45) is 3.23. The quantitative estimate of drug-likeness (QED) is 0.622. The summed E-state index contributed by atoms with van der Waals surface area (Å²) >= 11 is 5.21. The Morgan fingerprint density at radius 1 is 1.15 bits per heavy atom. The van der Waals surface area contributed by atoms with Crippen molar-refractivity contribution in [3.63, 3.8) is 0 Å². The van der Waals surface area contributed by atoms with E-state index in [0.717, 1.165) is 42.5 Å². The summed E-state index contributed by atoms with van der Waals surface area (Å²) in [5, 5.41) is 7.15. The van der Waals surface area contributed by atoms with E-state index in [1.807, 2.05) is 12.1 Å². The van der Waals surface area contributed by atoms with Crippen LogP contribution in [0.15, 0.2) is 18.2 Å². The second-order valence-corrected chi connectivity index (χ2v) is 5.17. The molecule has 0 radical (unpaired) electrons. The van der Waals surface area contributed by atoms with Gasteiger partial charge in [0.2, 0.25) is 0 Å². The van der Waals surface area contributed by atoms with Crippen LogP contribution in [0.2, 0.25) is 0 Å². The second kappa shape index (κ2) is 7.94. The van der Waals surface area contributed by atoms with Gasteiger partial charge in [-0.25, -0.2) is 0 Å². The predicted octanol–water partition coefficient (Wildman–Crippen LogP) is 2.26. The molecule has 20 heavy (non-hydrogen) atoms. The zero-order valence-electron chi connectivity index (χ0n) is 11.9. The molecule has 5 heteroatoms. The van der Waals surface area contributed by atoms with E-state index in [0.29, 0.717) is 13.2 Å². The molecule has 0 aliphatic carbocycles. The Hall–Kier alpha value is -1.49. The molecule has 0 atom stereocenters. The largest absolute Gasteiger partial charge is 0.486 e. The van der Waals surface area contributed by atoms with E-state index in [2.05, 4.69) is 23.6 Å². The first-order valence-corrected chi connectivity index (χ1v) is 7.60. The molecule has 4 nitrogen and oxygen atoms in total. The smallest absolute Gasteiger partial charge is 0.166 e. The fraction of sp³-hybridized carbons (Fsp3) is 0.533. The van der Waals surface area contributed by atoms with Crippen LogP contribution >= 0.6 is 12.2 Å². The summed E-state index contributed by atoms with van der Waals surface area (Å²) in [6, 6.07) is 6.09. The van der Waals surface area contributed by atoms with Crippen molar-refractivity contribution in [3.05, 3.63) is 23.8 Å². The van der Waals surface area contributed by atoms with Crippen molar-refractivity contribution in [2.75, 3.05) is 26.3 Å². The van der Waals surface area contributed by atoms with Gasteiger partial charge in [0.25, 0.3) is 0 Å². The van der Waals surface area contributed by atoms with Crippen LogP contribution in [0.25, 0.3) is 0 Å². The zero-order valence-corrected chi connectivity index (χ0v) is 12.7. The summed E-state index contributed by atoms with van der Waals surface area (Å²) in [4.78, 5) is 0. The highest BCUT2D eigenvalue weighted by Crippen LogP contribution is 2.30. The molecule has 0 aromatic heterocycles. The van der Waals surface area contributed by atoms with Gasteiger partial charge in [0.1, 0.15) is 13.2 Å². The average Bonchev–Trinajstić information content (AvgIpc) is 2.47. The molecule has 0 saturated heterocycles. The van der Waals surface area contributed by atoms with Gasteiger partial charge in [-0.05, 0) is 42.8 Å². The number of fused-ring (bicyclic) bond motifs is 1. The van der Waals surface area contributed by atoms with E-state index in [1.165, 1.54) is 12.0 Å². The summed E-state index contributed by atoms with van der Waals surface area (Å²) in [5.74, 6) is 1.68. The molecule has 1 aliphatic rings. The van der Waals surface area contributed by atoms with Crippen molar-refractivity contribution in [2.45, 2.75) is 26.2 Å². The minimum Gasteiger partial charge on any atom is -0.486 e. The second-order valence-electron chi connectivity index (χ2n) is 4.76. The van der Waals surface area contributed by atoms with Gasteiger partial charge in [0, 0.05) is 13.1 Å². The Morgan fingerprint density at radius 3 is 2.70 bits per heavy atom. The van der Waals surface area contributed by atoms with E-state index in [9.17, 15) is 0 Å². The molecule has 2 N–H and O–H groups in total. The van der Waals surface area contributed by atoms with Gasteiger partial charge >= 0.3 is 0 Å². The highest BCUT2D eigenvalue weighted by Gasteiger charge is 2.11. The van der Waals surface area contributed by atoms with Crippen molar-refractivity contribution in [1.29, 1.82) is 0 Å². The molecule has 1 aromatic carbocycles. The van der Waals surface area contributed by atoms with Crippen molar-refractivity contribution >= 4 is 17.3 Å². The van der Waals surface area contributed by atoms with Crippen molar-refractivity contribution < 1.29 is 9.47 Å². The first kappa shape index (κ1) is 14.9. The normalized spacial score (nSPS) is 12.8. The zero-order chi connectivity index (χ0) is 14.2. The fourth-order valence-corrected chi connectivity index (χ4v) is 2.21. The molecular formula is C15H22N2O2S. The number of unbranched alkanes of at least 4 members (excludes halogenated alkanes) is 1. The molecule has 0 unspecified atom stereocenters. The predicted molar refractivity (Wildman–Crippen MR) is 84.6 cm³/mol. The number of hydrogen-bond donors (Lipinski definition) is 2. The van der Waals surface area contributed by atoms with Crippen molar-refractivity contribution in [1.82, 2.24) is 10.6 Å². The van der Waals surface area contributed by atoms with Crippen LogP contribution in [0.3, 0.4) is 0 Å². The fourth-order valence-electron chi connectivity index (χ4n) is 2.00. The van der Waals surface area contributed by atoms with E-state index in [-0.39, 0.29) is 0 Å². The maximum absolute atomic E-state index is 5.57. The Morgan fingerprint density at radius 2 is 1.90 bits per heavy atom. The molecule has 0 fully saturated rings. The number of rotatable bonds is 6. The highest BCUT2D eigenvalue weighted by molar-refractivity contribution is 7.80. The third-order valence-electron chi connectivity index (χ3n) is 3.12. The minimum atomic E-state index is 0.625. The lowest BCUT2D eigenvalue weighted by Gasteiger charge is -2.19. The minimum absolute atomic E-state index is 0.625. The average molecular weight is 294 g/mol. The monoisotopic (exact) mass is 294 g/mol. The van der Waals surface area contributed by atoms with Gasteiger partial charge in [-0.1, -0.05) is 19.4 Å². The molecule has 1 heterocycles. The Bertz CT molecular complexity index is 451. The maximum Gasteiger partial charge on any atom is 0.166 e. The van der Waals surface area contributed by atoms with Crippen LogP contribution in [0, 0.1) is 0 Å². The van der Waals surface area contributed by atoms with Gasteiger partial charge < -0.3 is 20.1 Å². The van der Waals surface area contributed by atoms with E-state index < -0.39 is 0 Å².